The highest BCUT2D eigenvalue weighted by atomic mass is 15.0. The van der Waals surface area contributed by atoms with Gasteiger partial charge in [-0.25, -0.2) is 9.97 Å². The average molecular weight is 858 g/mol. The molecule has 1 saturated carbocycles. The molecule has 13 rings (SSSR count). The Morgan fingerprint density at radius 3 is 1.51 bits per heavy atom. The normalized spacial score (nSPS) is 13.8. The van der Waals surface area contributed by atoms with Crippen molar-refractivity contribution in [2.75, 3.05) is 0 Å². The lowest BCUT2D eigenvalue weighted by Crippen LogP contribution is -2.28. The molecule has 1 fully saturated rings. The number of aromatic nitrogens is 3. The fourth-order valence-corrected chi connectivity index (χ4v) is 11.3. The first-order valence-corrected chi connectivity index (χ1v) is 23.8. The molecule has 318 valence electrons. The van der Waals surface area contributed by atoms with E-state index < -0.39 is 0 Å². The third-order valence-electron chi connectivity index (χ3n) is 14.6. The molecule has 0 bridgehead atoms. The zero-order valence-corrected chi connectivity index (χ0v) is 37.2. The minimum atomic E-state index is 0.0268. The minimum Gasteiger partial charge on any atom is -0.309 e. The summed E-state index contributed by atoms with van der Waals surface area (Å²) >= 11 is 0. The summed E-state index contributed by atoms with van der Waals surface area (Å²) in [4.78, 5) is 10.3. The Hall–Kier alpha value is -8.14. The Balaban J connectivity index is 0.906. The summed E-state index contributed by atoms with van der Waals surface area (Å²) in [7, 11) is 0. The molecule has 0 N–H and O–H groups in total. The van der Waals surface area contributed by atoms with E-state index >= 15 is 0 Å². The van der Waals surface area contributed by atoms with E-state index in [-0.39, 0.29) is 5.41 Å². The molecule has 9 aromatic carbocycles. The molecule has 2 aliphatic carbocycles. The fourth-order valence-electron chi connectivity index (χ4n) is 11.3. The first-order valence-electron chi connectivity index (χ1n) is 23.8. The van der Waals surface area contributed by atoms with Crippen molar-refractivity contribution in [1.29, 1.82) is 0 Å². The van der Waals surface area contributed by atoms with Gasteiger partial charge in [-0.05, 0) is 111 Å². The molecule has 1 spiro atoms. The molecule has 0 radical (unpaired) electrons. The smallest absolute Gasteiger partial charge is 0.160 e. The minimum absolute atomic E-state index is 0.0268. The molecule has 0 aliphatic heterocycles. The van der Waals surface area contributed by atoms with Crippen molar-refractivity contribution in [2.24, 2.45) is 0 Å². The van der Waals surface area contributed by atoms with Crippen LogP contribution in [0, 0.1) is 0 Å². The SMILES string of the molecule is c1ccc(-c2ccc(-c3cc(-c4ccc(-c5ccc6c(c5)-c5cc7c(cc5C65CCCCC5)c5ccccc5n7-c5cccc(-c6ccccc6)c5)cc4)nc(-c4ccccc4)n3)cc2)cc1. The summed E-state index contributed by atoms with van der Waals surface area (Å²) in [6.07, 6.45) is 6.19. The molecule has 2 heterocycles. The summed E-state index contributed by atoms with van der Waals surface area (Å²) in [5.74, 6) is 0.718. The van der Waals surface area contributed by atoms with Crippen LogP contribution in [0.15, 0.2) is 224 Å². The molecule has 3 heteroatoms. The van der Waals surface area contributed by atoms with E-state index in [0.29, 0.717) is 0 Å². The van der Waals surface area contributed by atoms with Gasteiger partial charge in [0.05, 0.1) is 22.4 Å². The van der Waals surface area contributed by atoms with Gasteiger partial charge < -0.3 is 4.57 Å². The zero-order chi connectivity index (χ0) is 44.3. The fraction of sp³-hybridized carbons (Fsp3) is 0.0938. The predicted molar refractivity (Wildman–Crippen MR) is 278 cm³/mol. The molecular weight excluding hydrogens is 811 g/mol. The van der Waals surface area contributed by atoms with Crippen molar-refractivity contribution in [2.45, 2.75) is 37.5 Å². The summed E-state index contributed by atoms with van der Waals surface area (Å²) in [6.45, 7) is 0. The Morgan fingerprint density at radius 1 is 0.328 bits per heavy atom. The van der Waals surface area contributed by atoms with Crippen molar-refractivity contribution >= 4 is 21.8 Å². The number of para-hydroxylation sites is 1. The lowest BCUT2D eigenvalue weighted by atomic mass is 9.67. The van der Waals surface area contributed by atoms with E-state index in [9.17, 15) is 0 Å². The second kappa shape index (κ2) is 16.1. The molecule has 0 unspecified atom stereocenters. The van der Waals surface area contributed by atoms with Crippen LogP contribution in [0.1, 0.15) is 43.2 Å². The third kappa shape index (κ3) is 6.72. The summed E-state index contributed by atoms with van der Waals surface area (Å²) in [5.41, 5.74) is 21.6. The largest absolute Gasteiger partial charge is 0.309 e. The topological polar surface area (TPSA) is 30.7 Å². The number of fused-ring (bicyclic) bond motifs is 8. The number of hydrogen-bond donors (Lipinski definition) is 0. The van der Waals surface area contributed by atoms with E-state index in [4.69, 9.17) is 9.97 Å². The maximum Gasteiger partial charge on any atom is 0.160 e. The lowest BCUT2D eigenvalue weighted by molar-refractivity contribution is 0.353. The van der Waals surface area contributed by atoms with E-state index in [1.807, 2.05) is 18.2 Å². The van der Waals surface area contributed by atoms with Gasteiger partial charge in [-0.15, -0.1) is 0 Å². The number of nitrogens with zero attached hydrogens (tertiary/aromatic N) is 3. The van der Waals surface area contributed by atoms with Gasteiger partial charge in [-0.2, -0.15) is 0 Å². The third-order valence-corrected chi connectivity index (χ3v) is 14.6. The Labute approximate surface area is 391 Å². The second-order valence-corrected chi connectivity index (χ2v) is 18.4. The molecule has 11 aromatic rings. The quantitative estimate of drug-likeness (QED) is 0.160. The van der Waals surface area contributed by atoms with Crippen molar-refractivity contribution in [3.05, 3.63) is 236 Å². The Kier molecular flexibility index (Phi) is 9.42. The zero-order valence-electron chi connectivity index (χ0n) is 37.2. The molecule has 67 heavy (non-hydrogen) atoms. The van der Waals surface area contributed by atoms with E-state index in [2.05, 4.69) is 211 Å². The molecule has 0 amide bonds. The highest BCUT2D eigenvalue weighted by Gasteiger charge is 2.44. The number of benzene rings is 9. The van der Waals surface area contributed by atoms with Crippen LogP contribution in [0.25, 0.3) is 106 Å². The van der Waals surface area contributed by atoms with Gasteiger partial charge in [-0.3, -0.25) is 0 Å². The van der Waals surface area contributed by atoms with Gasteiger partial charge in [0.2, 0.25) is 0 Å². The molecular formula is C64H47N3. The van der Waals surface area contributed by atoms with E-state index in [0.717, 1.165) is 33.9 Å². The van der Waals surface area contributed by atoms with E-state index in [1.165, 1.54) is 115 Å². The van der Waals surface area contributed by atoms with Gasteiger partial charge in [-0.1, -0.05) is 201 Å². The first-order chi connectivity index (χ1) is 33.2. The van der Waals surface area contributed by atoms with Crippen LogP contribution in [0.5, 0.6) is 0 Å². The van der Waals surface area contributed by atoms with Crippen LogP contribution >= 0.6 is 0 Å². The lowest BCUT2D eigenvalue weighted by Gasteiger charge is -2.36. The van der Waals surface area contributed by atoms with Gasteiger partial charge in [0, 0.05) is 38.6 Å². The molecule has 3 nitrogen and oxygen atoms in total. The highest BCUT2D eigenvalue weighted by molar-refractivity contribution is 6.11. The van der Waals surface area contributed by atoms with Crippen LogP contribution in [-0.4, -0.2) is 14.5 Å². The van der Waals surface area contributed by atoms with Crippen molar-refractivity contribution in [3.8, 4) is 84.1 Å². The summed E-state index contributed by atoms with van der Waals surface area (Å²) in [5, 5.41) is 2.64. The van der Waals surface area contributed by atoms with Crippen LogP contribution in [0.4, 0.5) is 0 Å². The van der Waals surface area contributed by atoms with Crippen LogP contribution in [0.3, 0.4) is 0 Å². The predicted octanol–water partition coefficient (Wildman–Crippen LogP) is 16.8. The van der Waals surface area contributed by atoms with E-state index in [1.54, 1.807) is 0 Å². The van der Waals surface area contributed by atoms with Crippen molar-refractivity contribution in [1.82, 2.24) is 14.5 Å². The maximum absolute atomic E-state index is 5.16. The van der Waals surface area contributed by atoms with Gasteiger partial charge in [0.15, 0.2) is 5.82 Å². The first kappa shape index (κ1) is 39.2. The molecule has 0 saturated heterocycles. The van der Waals surface area contributed by atoms with Crippen LogP contribution in [-0.2, 0) is 5.41 Å². The summed E-state index contributed by atoms with van der Waals surface area (Å²) in [6, 6.07) is 81.8. The second-order valence-electron chi connectivity index (χ2n) is 18.4. The summed E-state index contributed by atoms with van der Waals surface area (Å²) < 4.78 is 2.49. The Morgan fingerprint density at radius 2 is 0.836 bits per heavy atom. The maximum atomic E-state index is 5.16. The number of hydrogen-bond acceptors (Lipinski definition) is 2. The van der Waals surface area contributed by atoms with Crippen molar-refractivity contribution < 1.29 is 0 Å². The molecule has 2 aromatic heterocycles. The monoisotopic (exact) mass is 857 g/mol. The molecule has 0 atom stereocenters. The van der Waals surface area contributed by atoms with Gasteiger partial charge >= 0.3 is 0 Å². The van der Waals surface area contributed by atoms with Crippen LogP contribution in [0.2, 0.25) is 0 Å². The molecule has 2 aliphatic rings. The van der Waals surface area contributed by atoms with Gasteiger partial charge in [0.1, 0.15) is 0 Å². The van der Waals surface area contributed by atoms with Gasteiger partial charge in [0.25, 0.3) is 0 Å². The average Bonchev–Trinajstić information content (AvgIpc) is 3.87. The van der Waals surface area contributed by atoms with Crippen molar-refractivity contribution in [3.63, 3.8) is 0 Å². The standard InChI is InChI=1S/C64H47N3/c1-5-16-43(17-6-1)45-26-30-47(31-27-45)59-42-60(66-63(65-59)49-20-9-3-10-21-49)48-32-28-46(29-33-48)51-34-35-57-54(39-51)55-41-62-56(40-58(55)64(57)36-13-4-14-37-64)53-24-11-12-25-61(53)67(62)52-23-15-22-50(38-52)44-18-7-2-8-19-44/h1-3,5-12,15-35,38-42H,4,13-14,36-37H2. The highest BCUT2D eigenvalue weighted by Crippen LogP contribution is 2.58. The van der Waals surface area contributed by atoms with Crippen LogP contribution < -0.4 is 0 Å². The Bertz CT molecular complexity index is 3620. The number of rotatable bonds is 7.